The number of hydrogen-bond acceptors (Lipinski definition) is 3. The van der Waals surface area contributed by atoms with Gasteiger partial charge in [0.1, 0.15) is 0 Å². The molecular weight excluding hydrogens is 374 g/mol. The van der Waals surface area contributed by atoms with Crippen molar-refractivity contribution in [2.24, 2.45) is 5.92 Å². The highest BCUT2D eigenvalue weighted by atomic mass is 35.5. The van der Waals surface area contributed by atoms with Gasteiger partial charge in [-0.25, -0.2) is 0 Å². The van der Waals surface area contributed by atoms with Gasteiger partial charge in [-0.1, -0.05) is 41.9 Å². The Labute approximate surface area is 171 Å². The maximum Gasteiger partial charge on any atom is 0.234 e. The number of piperidine rings is 1. The van der Waals surface area contributed by atoms with Gasteiger partial charge in [0.15, 0.2) is 0 Å². The molecule has 28 heavy (non-hydrogen) atoms. The minimum atomic E-state index is -0.117. The van der Waals surface area contributed by atoms with Gasteiger partial charge in [0, 0.05) is 17.3 Å². The van der Waals surface area contributed by atoms with Crippen LogP contribution in [-0.4, -0.2) is 36.3 Å². The lowest BCUT2D eigenvalue weighted by molar-refractivity contribution is -0.126. The molecular formula is C22H26ClN3O2. The molecule has 0 saturated carbocycles. The summed E-state index contributed by atoms with van der Waals surface area (Å²) in [5, 5.41) is 6.64. The van der Waals surface area contributed by atoms with E-state index in [1.165, 1.54) is 0 Å². The van der Waals surface area contributed by atoms with E-state index < -0.39 is 0 Å². The summed E-state index contributed by atoms with van der Waals surface area (Å²) >= 11 is 6.03. The molecule has 0 bridgehead atoms. The van der Waals surface area contributed by atoms with Crippen LogP contribution in [0.1, 0.15) is 31.4 Å². The summed E-state index contributed by atoms with van der Waals surface area (Å²) in [7, 11) is 0. The van der Waals surface area contributed by atoms with Crippen LogP contribution in [0.4, 0.5) is 5.69 Å². The van der Waals surface area contributed by atoms with E-state index in [0.29, 0.717) is 18.1 Å². The first-order valence-corrected chi connectivity index (χ1v) is 10.0. The van der Waals surface area contributed by atoms with Crippen molar-refractivity contribution in [3.05, 3.63) is 65.2 Å². The second kappa shape index (κ2) is 9.71. The number of halogens is 1. The van der Waals surface area contributed by atoms with Crippen molar-refractivity contribution in [3.63, 3.8) is 0 Å². The van der Waals surface area contributed by atoms with E-state index in [2.05, 4.69) is 15.5 Å². The van der Waals surface area contributed by atoms with Gasteiger partial charge in [-0.15, -0.1) is 0 Å². The van der Waals surface area contributed by atoms with Crippen LogP contribution in [0.3, 0.4) is 0 Å². The summed E-state index contributed by atoms with van der Waals surface area (Å²) in [6, 6.07) is 16.8. The minimum absolute atomic E-state index is 0.0172. The standard InChI is InChI=1S/C22H26ClN3O2/c1-16(17-7-5-9-19(23)13-17)24-21(27)15-26-12-6-8-18(14-26)22(28)25-20-10-3-2-4-11-20/h2-5,7,9-11,13,16,18H,6,8,12,14-15H2,1H3,(H,24,27)(H,25,28). The quantitative estimate of drug-likeness (QED) is 0.775. The lowest BCUT2D eigenvalue weighted by Gasteiger charge is -2.31. The molecule has 1 saturated heterocycles. The second-order valence-electron chi connectivity index (χ2n) is 7.27. The zero-order valence-electron chi connectivity index (χ0n) is 16.0. The third-order valence-corrected chi connectivity index (χ3v) is 5.25. The van der Waals surface area contributed by atoms with Gasteiger partial charge in [0.05, 0.1) is 18.5 Å². The predicted octanol–water partition coefficient (Wildman–Crippen LogP) is 3.87. The number of rotatable bonds is 6. The van der Waals surface area contributed by atoms with Crippen LogP contribution in [0.15, 0.2) is 54.6 Å². The summed E-state index contributed by atoms with van der Waals surface area (Å²) in [6.07, 6.45) is 1.75. The van der Waals surface area contributed by atoms with Gasteiger partial charge in [-0.05, 0) is 56.1 Å². The smallest absolute Gasteiger partial charge is 0.234 e. The summed E-state index contributed by atoms with van der Waals surface area (Å²) in [6.45, 7) is 3.65. The minimum Gasteiger partial charge on any atom is -0.348 e. The van der Waals surface area contributed by atoms with Crippen molar-refractivity contribution in [2.75, 3.05) is 25.0 Å². The number of benzene rings is 2. The fourth-order valence-corrected chi connectivity index (χ4v) is 3.73. The first-order chi connectivity index (χ1) is 13.5. The molecule has 2 aromatic rings. The first-order valence-electron chi connectivity index (χ1n) is 9.64. The predicted molar refractivity (Wildman–Crippen MR) is 112 cm³/mol. The molecule has 2 N–H and O–H groups in total. The Kier molecular flexibility index (Phi) is 7.06. The third-order valence-electron chi connectivity index (χ3n) is 5.01. The zero-order valence-corrected chi connectivity index (χ0v) is 16.8. The highest BCUT2D eigenvalue weighted by molar-refractivity contribution is 6.30. The molecule has 1 aliphatic rings. The number of carbonyl (C=O) groups excluding carboxylic acids is 2. The average molecular weight is 400 g/mol. The normalized spacial score (nSPS) is 18.3. The number of nitrogens with one attached hydrogen (secondary N) is 2. The molecule has 1 aliphatic heterocycles. The van der Waals surface area contributed by atoms with Crippen molar-refractivity contribution in [2.45, 2.75) is 25.8 Å². The van der Waals surface area contributed by atoms with Gasteiger partial charge in [0.25, 0.3) is 0 Å². The maximum atomic E-state index is 12.5. The number of nitrogens with zero attached hydrogens (tertiary/aromatic N) is 1. The van der Waals surface area contributed by atoms with Crippen molar-refractivity contribution >= 4 is 29.1 Å². The number of para-hydroxylation sites is 1. The Morgan fingerprint density at radius 3 is 2.71 bits per heavy atom. The van der Waals surface area contributed by atoms with Crippen molar-refractivity contribution in [3.8, 4) is 0 Å². The number of anilines is 1. The van der Waals surface area contributed by atoms with Gasteiger partial charge < -0.3 is 10.6 Å². The maximum absolute atomic E-state index is 12.5. The molecule has 1 fully saturated rings. The Hall–Kier alpha value is -2.37. The Morgan fingerprint density at radius 2 is 1.96 bits per heavy atom. The van der Waals surface area contributed by atoms with Crippen molar-refractivity contribution in [1.82, 2.24) is 10.2 Å². The van der Waals surface area contributed by atoms with Crippen molar-refractivity contribution < 1.29 is 9.59 Å². The largest absolute Gasteiger partial charge is 0.348 e. The summed E-state index contributed by atoms with van der Waals surface area (Å²) < 4.78 is 0. The molecule has 148 valence electrons. The van der Waals surface area contributed by atoms with Gasteiger partial charge in [-0.2, -0.15) is 0 Å². The van der Waals surface area contributed by atoms with Crippen LogP contribution in [-0.2, 0) is 9.59 Å². The Bertz CT molecular complexity index is 812. The number of amides is 2. The number of likely N-dealkylation sites (tertiary alicyclic amines) is 1. The molecule has 3 rings (SSSR count). The van der Waals surface area contributed by atoms with Crippen LogP contribution in [0.2, 0.25) is 5.02 Å². The van der Waals surface area contributed by atoms with E-state index in [9.17, 15) is 9.59 Å². The van der Waals surface area contributed by atoms with E-state index in [-0.39, 0.29) is 23.8 Å². The van der Waals surface area contributed by atoms with Crippen LogP contribution < -0.4 is 10.6 Å². The van der Waals surface area contributed by atoms with Crippen molar-refractivity contribution in [1.29, 1.82) is 0 Å². The fraction of sp³-hybridized carbons (Fsp3) is 0.364. The average Bonchev–Trinajstić information content (AvgIpc) is 2.69. The lowest BCUT2D eigenvalue weighted by Crippen LogP contribution is -2.45. The number of carbonyl (C=O) groups is 2. The topological polar surface area (TPSA) is 61.4 Å². The van der Waals surface area contributed by atoms with Gasteiger partial charge >= 0.3 is 0 Å². The van der Waals surface area contributed by atoms with E-state index in [4.69, 9.17) is 11.6 Å². The van der Waals surface area contributed by atoms with Crippen LogP contribution >= 0.6 is 11.6 Å². The van der Waals surface area contributed by atoms with Gasteiger partial charge in [-0.3, -0.25) is 14.5 Å². The number of hydrogen-bond donors (Lipinski definition) is 2. The third kappa shape index (κ3) is 5.81. The Balaban J connectivity index is 1.50. The molecule has 2 aromatic carbocycles. The molecule has 0 aromatic heterocycles. The van der Waals surface area contributed by atoms with E-state index in [0.717, 1.165) is 30.6 Å². The molecule has 2 amide bonds. The monoisotopic (exact) mass is 399 g/mol. The van der Waals surface area contributed by atoms with Crippen LogP contribution in [0.5, 0.6) is 0 Å². The first kappa shape index (κ1) is 20.4. The zero-order chi connectivity index (χ0) is 19.9. The molecule has 2 atom stereocenters. The molecule has 5 nitrogen and oxygen atoms in total. The lowest BCUT2D eigenvalue weighted by atomic mass is 9.97. The molecule has 0 radical (unpaired) electrons. The van der Waals surface area contributed by atoms with Crippen LogP contribution in [0.25, 0.3) is 0 Å². The SMILES string of the molecule is CC(NC(=O)CN1CCCC(C(=O)Nc2ccccc2)C1)c1cccc(Cl)c1. The molecule has 1 heterocycles. The fourth-order valence-electron chi connectivity index (χ4n) is 3.53. The Morgan fingerprint density at radius 1 is 1.18 bits per heavy atom. The second-order valence-corrected chi connectivity index (χ2v) is 7.71. The molecule has 2 unspecified atom stereocenters. The molecule has 0 aliphatic carbocycles. The summed E-state index contributed by atoms with van der Waals surface area (Å²) in [5.41, 5.74) is 1.78. The summed E-state index contributed by atoms with van der Waals surface area (Å²) in [4.78, 5) is 27.1. The summed E-state index contributed by atoms with van der Waals surface area (Å²) in [5.74, 6) is -0.132. The highest BCUT2D eigenvalue weighted by Gasteiger charge is 2.27. The van der Waals surface area contributed by atoms with E-state index in [1.54, 1.807) is 0 Å². The van der Waals surface area contributed by atoms with E-state index in [1.807, 2.05) is 61.5 Å². The highest BCUT2D eigenvalue weighted by Crippen LogP contribution is 2.20. The van der Waals surface area contributed by atoms with Gasteiger partial charge in [0.2, 0.25) is 11.8 Å². The van der Waals surface area contributed by atoms with Crippen LogP contribution in [0, 0.1) is 5.92 Å². The molecule has 0 spiro atoms. The molecule has 6 heteroatoms. The van der Waals surface area contributed by atoms with E-state index >= 15 is 0 Å².